The smallest absolute Gasteiger partial charge is 0.160 e. The topological polar surface area (TPSA) is 41.9 Å². The van der Waals surface area contributed by atoms with Crippen molar-refractivity contribution in [3.05, 3.63) is 23.8 Å². The average Bonchev–Trinajstić information content (AvgIpc) is 2.37. The molecule has 1 N–H and O–H groups in total. The maximum atomic E-state index is 8.96. The van der Waals surface area contributed by atoms with E-state index in [-0.39, 0.29) is 0 Å². The first kappa shape index (κ1) is 13.2. The van der Waals surface area contributed by atoms with Gasteiger partial charge in [-0.1, -0.05) is 6.07 Å². The van der Waals surface area contributed by atoms with Crippen molar-refractivity contribution in [2.24, 2.45) is 5.92 Å². The number of methoxy groups -OCH3 is 2. The Morgan fingerprint density at radius 3 is 2.56 bits per heavy atom. The summed E-state index contributed by atoms with van der Waals surface area (Å²) in [6.07, 6.45) is 0.999. The average molecular weight is 251 g/mol. The zero-order valence-corrected chi connectivity index (χ0v) is 11.1. The fourth-order valence-electron chi connectivity index (χ4n) is 2.30. The molecule has 0 unspecified atom stereocenters. The van der Waals surface area contributed by atoms with E-state index in [4.69, 9.17) is 14.6 Å². The first-order chi connectivity index (χ1) is 8.76. The van der Waals surface area contributed by atoms with Gasteiger partial charge in [0.25, 0.3) is 0 Å². The molecule has 0 aliphatic carbocycles. The Labute approximate surface area is 108 Å². The van der Waals surface area contributed by atoms with Crippen molar-refractivity contribution in [2.45, 2.75) is 6.42 Å². The van der Waals surface area contributed by atoms with Crippen LogP contribution >= 0.6 is 0 Å². The number of hydrogen-bond donors (Lipinski definition) is 1. The minimum Gasteiger partial charge on any atom is -0.493 e. The zero-order chi connectivity index (χ0) is 13.0. The number of nitrogens with zero attached hydrogens (tertiary/aromatic N) is 1. The molecule has 4 nitrogen and oxygen atoms in total. The van der Waals surface area contributed by atoms with E-state index in [9.17, 15) is 0 Å². The van der Waals surface area contributed by atoms with Crippen molar-refractivity contribution in [2.75, 3.05) is 40.5 Å². The molecule has 1 aliphatic heterocycles. The SMILES string of the molecule is COc1ccc(CCN2CC(CO)C2)cc1OC. The Kier molecular flexibility index (Phi) is 4.44. The van der Waals surface area contributed by atoms with E-state index in [2.05, 4.69) is 11.0 Å². The van der Waals surface area contributed by atoms with Gasteiger partial charge in [0.05, 0.1) is 14.2 Å². The molecule has 18 heavy (non-hydrogen) atoms. The maximum Gasteiger partial charge on any atom is 0.160 e. The van der Waals surface area contributed by atoms with Crippen LogP contribution in [0.3, 0.4) is 0 Å². The van der Waals surface area contributed by atoms with Gasteiger partial charge in [0.1, 0.15) is 0 Å². The van der Waals surface area contributed by atoms with Crippen LogP contribution in [0.1, 0.15) is 5.56 Å². The van der Waals surface area contributed by atoms with Gasteiger partial charge < -0.3 is 19.5 Å². The Morgan fingerprint density at radius 1 is 1.22 bits per heavy atom. The molecular weight excluding hydrogens is 230 g/mol. The molecule has 0 bridgehead atoms. The van der Waals surface area contributed by atoms with Crippen LogP contribution in [0.25, 0.3) is 0 Å². The predicted octanol–water partition coefficient (Wildman–Crippen LogP) is 1.17. The van der Waals surface area contributed by atoms with Crippen molar-refractivity contribution in [1.29, 1.82) is 0 Å². The molecule has 1 fully saturated rings. The first-order valence-electron chi connectivity index (χ1n) is 6.31. The van der Waals surface area contributed by atoms with Crippen LogP contribution < -0.4 is 9.47 Å². The summed E-state index contributed by atoms with van der Waals surface area (Å²) in [5.41, 5.74) is 1.25. The van der Waals surface area contributed by atoms with Gasteiger partial charge in [-0.3, -0.25) is 0 Å². The lowest BCUT2D eigenvalue weighted by Crippen LogP contribution is -2.48. The highest BCUT2D eigenvalue weighted by Gasteiger charge is 2.24. The molecule has 0 atom stereocenters. The summed E-state index contributed by atoms with van der Waals surface area (Å²) in [5.74, 6) is 2.03. The molecule has 1 aromatic carbocycles. The summed E-state index contributed by atoms with van der Waals surface area (Å²) in [6.45, 7) is 3.38. The van der Waals surface area contributed by atoms with Crippen molar-refractivity contribution >= 4 is 0 Å². The molecule has 0 radical (unpaired) electrons. The van der Waals surface area contributed by atoms with Crippen LogP contribution in [0, 0.1) is 5.92 Å². The molecule has 1 aromatic rings. The highest BCUT2D eigenvalue weighted by atomic mass is 16.5. The number of ether oxygens (including phenoxy) is 2. The van der Waals surface area contributed by atoms with E-state index >= 15 is 0 Å². The predicted molar refractivity (Wildman–Crippen MR) is 70.3 cm³/mol. The first-order valence-corrected chi connectivity index (χ1v) is 6.31. The van der Waals surface area contributed by atoms with Crippen molar-refractivity contribution in [3.63, 3.8) is 0 Å². The number of aliphatic hydroxyl groups excluding tert-OH is 1. The molecule has 0 aromatic heterocycles. The number of aliphatic hydroxyl groups is 1. The van der Waals surface area contributed by atoms with Crippen LogP contribution in [-0.4, -0.2) is 50.5 Å². The third-order valence-corrected chi connectivity index (χ3v) is 3.46. The molecule has 100 valence electrons. The standard InChI is InChI=1S/C14H21NO3/c1-17-13-4-3-11(7-14(13)18-2)5-6-15-8-12(9-15)10-16/h3-4,7,12,16H,5-6,8-10H2,1-2H3. The molecule has 1 aliphatic rings. The molecule has 0 saturated carbocycles. The summed E-state index contributed by atoms with van der Waals surface area (Å²) < 4.78 is 10.5. The number of rotatable bonds is 6. The summed E-state index contributed by atoms with van der Waals surface area (Å²) in [5, 5.41) is 8.96. The van der Waals surface area contributed by atoms with Gasteiger partial charge in [-0.05, 0) is 24.1 Å². The van der Waals surface area contributed by atoms with Crippen molar-refractivity contribution in [3.8, 4) is 11.5 Å². The second kappa shape index (κ2) is 6.07. The minimum absolute atomic E-state index is 0.312. The van der Waals surface area contributed by atoms with Crippen molar-refractivity contribution in [1.82, 2.24) is 4.90 Å². The minimum atomic E-state index is 0.312. The molecular formula is C14H21NO3. The molecule has 1 saturated heterocycles. The Hall–Kier alpha value is -1.26. The van der Waals surface area contributed by atoms with Crippen molar-refractivity contribution < 1.29 is 14.6 Å². The summed E-state index contributed by atoms with van der Waals surface area (Å²) in [6, 6.07) is 6.05. The van der Waals surface area contributed by atoms with Gasteiger partial charge in [-0.2, -0.15) is 0 Å². The Bertz CT molecular complexity index is 389. The lowest BCUT2D eigenvalue weighted by Gasteiger charge is -2.38. The quantitative estimate of drug-likeness (QED) is 0.824. The molecule has 0 amide bonds. The van der Waals surface area contributed by atoms with Gasteiger partial charge in [-0.25, -0.2) is 0 Å². The summed E-state index contributed by atoms with van der Waals surface area (Å²) in [4.78, 5) is 2.36. The second-order valence-electron chi connectivity index (χ2n) is 4.75. The monoisotopic (exact) mass is 251 g/mol. The van der Waals surface area contributed by atoms with Gasteiger partial charge in [0.15, 0.2) is 11.5 Å². The van der Waals surface area contributed by atoms with Crippen LogP contribution in [-0.2, 0) is 6.42 Å². The van der Waals surface area contributed by atoms with Gasteiger partial charge >= 0.3 is 0 Å². The largest absolute Gasteiger partial charge is 0.493 e. The van der Waals surface area contributed by atoms with E-state index in [0.29, 0.717) is 12.5 Å². The van der Waals surface area contributed by atoms with E-state index in [1.54, 1.807) is 14.2 Å². The normalized spacial score (nSPS) is 16.4. The van der Waals surface area contributed by atoms with Gasteiger partial charge in [-0.15, -0.1) is 0 Å². The van der Waals surface area contributed by atoms with E-state index in [0.717, 1.165) is 37.6 Å². The molecule has 1 heterocycles. The highest BCUT2D eigenvalue weighted by Crippen LogP contribution is 2.28. The number of benzene rings is 1. The highest BCUT2D eigenvalue weighted by molar-refractivity contribution is 5.42. The fraction of sp³-hybridized carbons (Fsp3) is 0.571. The second-order valence-corrected chi connectivity index (χ2v) is 4.75. The summed E-state index contributed by atoms with van der Waals surface area (Å²) in [7, 11) is 3.30. The van der Waals surface area contributed by atoms with Gasteiger partial charge in [0, 0.05) is 32.2 Å². The third-order valence-electron chi connectivity index (χ3n) is 3.46. The zero-order valence-electron chi connectivity index (χ0n) is 11.1. The fourth-order valence-corrected chi connectivity index (χ4v) is 2.30. The van der Waals surface area contributed by atoms with E-state index < -0.39 is 0 Å². The van der Waals surface area contributed by atoms with Crippen LogP contribution in [0.2, 0.25) is 0 Å². The molecule has 4 heteroatoms. The number of likely N-dealkylation sites (tertiary alicyclic amines) is 1. The molecule has 0 spiro atoms. The Balaban J connectivity index is 1.86. The Morgan fingerprint density at radius 2 is 1.94 bits per heavy atom. The van der Waals surface area contributed by atoms with Gasteiger partial charge in [0.2, 0.25) is 0 Å². The van der Waals surface area contributed by atoms with E-state index in [1.165, 1.54) is 5.56 Å². The van der Waals surface area contributed by atoms with E-state index in [1.807, 2.05) is 12.1 Å². The van der Waals surface area contributed by atoms with Crippen LogP contribution in [0.15, 0.2) is 18.2 Å². The van der Waals surface area contributed by atoms with Crippen LogP contribution in [0.5, 0.6) is 11.5 Å². The summed E-state index contributed by atoms with van der Waals surface area (Å²) >= 11 is 0. The number of hydrogen-bond acceptors (Lipinski definition) is 4. The lowest BCUT2D eigenvalue weighted by atomic mass is 10.0. The third kappa shape index (κ3) is 2.94. The molecule has 2 rings (SSSR count). The van der Waals surface area contributed by atoms with Crippen LogP contribution in [0.4, 0.5) is 0 Å². The maximum absolute atomic E-state index is 8.96. The lowest BCUT2D eigenvalue weighted by molar-refractivity contribution is 0.0551.